The number of thioether (sulfide) groups is 1. The highest BCUT2D eigenvalue weighted by molar-refractivity contribution is 7.98. The normalized spacial score (nSPS) is 22.7. The Morgan fingerprint density at radius 1 is 0.632 bits per heavy atom. The van der Waals surface area contributed by atoms with Gasteiger partial charge in [0.2, 0.25) is 0 Å². The fraction of sp³-hybridized carbons (Fsp3) is 1.00. The molecule has 0 saturated heterocycles. The Balaban J connectivity index is 1.35. The van der Waals surface area contributed by atoms with E-state index in [4.69, 9.17) is 9.47 Å². The van der Waals surface area contributed by atoms with Gasteiger partial charge in [-0.1, -0.05) is 38.5 Å². The molecule has 0 spiro atoms. The molecule has 2 nitrogen and oxygen atoms in total. The predicted octanol–water partition coefficient (Wildman–Crippen LogP) is 4.83. The first-order valence-corrected chi connectivity index (χ1v) is 9.34. The van der Waals surface area contributed by atoms with Crippen molar-refractivity contribution in [2.75, 3.05) is 25.1 Å². The van der Waals surface area contributed by atoms with Crippen LogP contribution in [0, 0.1) is 11.8 Å². The van der Waals surface area contributed by atoms with Crippen molar-refractivity contribution >= 4 is 11.8 Å². The lowest BCUT2D eigenvalue weighted by Gasteiger charge is -2.22. The zero-order chi connectivity index (χ0) is 13.2. The van der Waals surface area contributed by atoms with Gasteiger partial charge in [-0.25, -0.2) is 0 Å². The van der Waals surface area contributed by atoms with Crippen molar-refractivity contribution in [1.82, 2.24) is 0 Å². The number of ether oxygens (including phenoxy) is 2. The van der Waals surface area contributed by atoms with Gasteiger partial charge in [0.25, 0.3) is 0 Å². The van der Waals surface area contributed by atoms with Crippen LogP contribution >= 0.6 is 11.8 Å². The standard InChI is InChI=1S/C16H30O2S/c1-3-7-15(8-4-1)11-17-13-19-14-18-12-16-9-5-2-6-10-16/h15-16H,1-14H2. The Bertz CT molecular complexity index is 189. The Hall–Kier alpha value is 0.270. The van der Waals surface area contributed by atoms with Gasteiger partial charge in [-0.3, -0.25) is 0 Å². The van der Waals surface area contributed by atoms with Crippen LogP contribution in [0.15, 0.2) is 0 Å². The SMILES string of the molecule is C1CCC(COCSCOCC2CCCCC2)CC1. The van der Waals surface area contributed by atoms with Crippen LogP contribution in [0.4, 0.5) is 0 Å². The summed E-state index contributed by atoms with van der Waals surface area (Å²) in [4.78, 5) is 0. The minimum atomic E-state index is 0.807. The summed E-state index contributed by atoms with van der Waals surface area (Å²) < 4.78 is 11.5. The molecule has 0 bridgehead atoms. The summed E-state index contributed by atoms with van der Waals surface area (Å²) in [5.74, 6) is 3.28. The molecule has 2 aliphatic rings. The van der Waals surface area contributed by atoms with Crippen LogP contribution < -0.4 is 0 Å². The topological polar surface area (TPSA) is 18.5 Å². The molecule has 0 unspecified atom stereocenters. The lowest BCUT2D eigenvalue weighted by Crippen LogP contribution is -2.14. The van der Waals surface area contributed by atoms with Crippen molar-refractivity contribution in [3.8, 4) is 0 Å². The fourth-order valence-electron chi connectivity index (χ4n) is 3.29. The molecular weight excluding hydrogens is 256 g/mol. The first-order valence-electron chi connectivity index (χ1n) is 8.18. The average Bonchev–Trinajstić information content (AvgIpc) is 2.48. The third-order valence-corrected chi connectivity index (χ3v) is 5.16. The molecule has 3 heteroatoms. The second kappa shape index (κ2) is 10.1. The molecule has 0 aromatic rings. The van der Waals surface area contributed by atoms with Crippen LogP contribution in [0.3, 0.4) is 0 Å². The van der Waals surface area contributed by atoms with Gasteiger partial charge < -0.3 is 9.47 Å². The van der Waals surface area contributed by atoms with Crippen LogP contribution in [-0.2, 0) is 9.47 Å². The first kappa shape index (κ1) is 15.7. The third-order valence-electron chi connectivity index (χ3n) is 4.49. The highest BCUT2D eigenvalue weighted by Crippen LogP contribution is 2.25. The van der Waals surface area contributed by atoms with Crippen molar-refractivity contribution < 1.29 is 9.47 Å². The molecule has 19 heavy (non-hydrogen) atoms. The van der Waals surface area contributed by atoms with Crippen molar-refractivity contribution in [2.45, 2.75) is 64.2 Å². The van der Waals surface area contributed by atoms with E-state index < -0.39 is 0 Å². The van der Waals surface area contributed by atoms with E-state index in [1.165, 1.54) is 64.2 Å². The van der Waals surface area contributed by atoms with Gasteiger partial charge >= 0.3 is 0 Å². The highest BCUT2D eigenvalue weighted by atomic mass is 32.2. The Kier molecular flexibility index (Phi) is 8.29. The zero-order valence-electron chi connectivity index (χ0n) is 12.3. The van der Waals surface area contributed by atoms with Crippen molar-refractivity contribution in [2.24, 2.45) is 11.8 Å². The molecule has 0 radical (unpaired) electrons. The van der Waals surface area contributed by atoms with Crippen LogP contribution in [0.5, 0.6) is 0 Å². The molecule has 0 aromatic carbocycles. The lowest BCUT2D eigenvalue weighted by molar-refractivity contribution is 0.109. The second-order valence-corrected chi connectivity index (χ2v) is 7.07. The molecule has 0 heterocycles. The van der Waals surface area contributed by atoms with E-state index in [9.17, 15) is 0 Å². The summed E-state index contributed by atoms with van der Waals surface area (Å²) in [6.45, 7) is 1.94. The molecule has 2 fully saturated rings. The van der Waals surface area contributed by atoms with Crippen LogP contribution in [0.1, 0.15) is 64.2 Å². The molecule has 0 amide bonds. The lowest BCUT2D eigenvalue weighted by atomic mass is 9.90. The predicted molar refractivity (Wildman–Crippen MR) is 82.4 cm³/mol. The van der Waals surface area contributed by atoms with Crippen LogP contribution in [-0.4, -0.2) is 25.1 Å². The summed E-state index contributed by atoms with van der Waals surface area (Å²) >= 11 is 1.79. The van der Waals surface area contributed by atoms with Crippen molar-refractivity contribution in [1.29, 1.82) is 0 Å². The number of hydrogen-bond acceptors (Lipinski definition) is 3. The molecule has 2 rings (SSSR count). The smallest absolute Gasteiger partial charge is 0.0943 e. The summed E-state index contributed by atoms with van der Waals surface area (Å²) in [7, 11) is 0. The third kappa shape index (κ3) is 7.01. The van der Waals surface area contributed by atoms with Gasteiger partial charge in [-0.15, -0.1) is 11.8 Å². The fourth-order valence-corrected chi connectivity index (χ4v) is 3.79. The van der Waals surface area contributed by atoms with Crippen LogP contribution in [0.2, 0.25) is 0 Å². The maximum atomic E-state index is 5.75. The molecule has 0 atom stereocenters. The van der Waals surface area contributed by atoms with E-state index >= 15 is 0 Å². The van der Waals surface area contributed by atoms with Gasteiger partial charge in [0.05, 0.1) is 25.1 Å². The average molecular weight is 286 g/mol. The van der Waals surface area contributed by atoms with Gasteiger partial charge in [-0.05, 0) is 37.5 Å². The minimum Gasteiger partial charge on any atom is -0.370 e. The maximum Gasteiger partial charge on any atom is 0.0943 e. The second-order valence-electron chi connectivity index (χ2n) is 6.19. The Morgan fingerprint density at radius 2 is 1.05 bits per heavy atom. The van der Waals surface area contributed by atoms with E-state index in [1.54, 1.807) is 11.8 Å². The molecule has 0 N–H and O–H groups in total. The first-order chi connectivity index (χ1) is 9.45. The molecule has 112 valence electrons. The van der Waals surface area contributed by atoms with E-state index in [0.717, 1.165) is 36.9 Å². The summed E-state index contributed by atoms with van der Waals surface area (Å²) in [6, 6.07) is 0. The van der Waals surface area contributed by atoms with Crippen LogP contribution in [0.25, 0.3) is 0 Å². The van der Waals surface area contributed by atoms with Crippen molar-refractivity contribution in [3.63, 3.8) is 0 Å². The molecule has 0 aromatic heterocycles. The molecule has 2 aliphatic carbocycles. The monoisotopic (exact) mass is 286 g/mol. The largest absolute Gasteiger partial charge is 0.370 e. The summed E-state index contributed by atoms with van der Waals surface area (Å²) in [6.07, 6.45) is 14.0. The van der Waals surface area contributed by atoms with E-state index in [0.29, 0.717) is 0 Å². The highest BCUT2D eigenvalue weighted by Gasteiger charge is 2.14. The van der Waals surface area contributed by atoms with Crippen molar-refractivity contribution in [3.05, 3.63) is 0 Å². The summed E-state index contributed by atoms with van der Waals surface area (Å²) in [5.41, 5.74) is 0. The maximum absolute atomic E-state index is 5.75. The number of hydrogen-bond donors (Lipinski definition) is 0. The van der Waals surface area contributed by atoms with Gasteiger partial charge in [0, 0.05) is 0 Å². The van der Waals surface area contributed by atoms with E-state index in [1.807, 2.05) is 0 Å². The molecular formula is C16H30O2S. The zero-order valence-corrected chi connectivity index (χ0v) is 13.1. The number of rotatable bonds is 8. The minimum absolute atomic E-state index is 0.807. The molecule has 2 saturated carbocycles. The quantitative estimate of drug-likeness (QED) is 0.470. The van der Waals surface area contributed by atoms with E-state index in [2.05, 4.69) is 0 Å². The van der Waals surface area contributed by atoms with Gasteiger partial charge in [-0.2, -0.15) is 0 Å². The summed E-state index contributed by atoms with van der Waals surface area (Å²) in [5, 5.41) is 0. The Labute approximate surface area is 123 Å². The Morgan fingerprint density at radius 3 is 1.47 bits per heavy atom. The van der Waals surface area contributed by atoms with Gasteiger partial charge in [0.1, 0.15) is 0 Å². The van der Waals surface area contributed by atoms with E-state index in [-0.39, 0.29) is 0 Å². The van der Waals surface area contributed by atoms with Gasteiger partial charge in [0.15, 0.2) is 0 Å². The molecule has 0 aliphatic heterocycles.